The van der Waals surface area contributed by atoms with Crippen molar-refractivity contribution in [3.05, 3.63) is 29.8 Å². The molecule has 0 bridgehead atoms. The van der Waals surface area contributed by atoms with Crippen LogP contribution in [0.15, 0.2) is 24.3 Å². The van der Waals surface area contributed by atoms with Crippen molar-refractivity contribution < 1.29 is 4.74 Å². The van der Waals surface area contributed by atoms with Gasteiger partial charge in [0, 0.05) is 32.7 Å². The molecule has 1 heterocycles. The topological polar surface area (TPSA) is 19.0 Å². The summed E-state index contributed by atoms with van der Waals surface area (Å²) in [6, 6.07) is 8.54. The van der Waals surface area contributed by atoms with Gasteiger partial charge in [-0.1, -0.05) is 32.0 Å². The van der Waals surface area contributed by atoms with Crippen LogP contribution in [0, 0.1) is 0 Å². The maximum absolute atomic E-state index is 6.07. The molecule has 0 N–H and O–H groups in total. The Morgan fingerprint density at radius 3 is 2.46 bits per heavy atom. The van der Waals surface area contributed by atoms with Crippen LogP contribution in [0.25, 0.3) is 0 Å². The lowest BCUT2D eigenvalue weighted by molar-refractivity contribution is 0.153. The minimum atomic E-state index is 0.775. The molecule has 1 fully saturated rings. The smallest absolute Gasteiger partial charge is 0.122 e. The number of ether oxygens (including phenoxy) is 1. The molecule has 0 unspecified atom stereocenters. The average Bonchev–Trinajstić information content (AvgIpc) is 2.61. The third-order valence-corrected chi connectivity index (χ3v) is 5.05. The number of benzene rings is 1. The highest BCUT2D eigenvalue weighted by atomic mass is 16.5. The predicted molar refractivity (Wildman–Crippen MR) is 102 cm³/mol. The normalized spacial score (nSPS) is 16.7. The summed E-state index contributed by atoms with van der Waals surface area (Å²) in [4.78, 5) is 7.40. The van der Waals surface area contributed by atoms with E-state index in [0.29, 0.717) is 0 Å². The largest absolute Gasteiger partial charge is 0.492 e. The molecule has 0 aromatic heterocycles. The van der Waals surface area contributed by atoms with E-state index in [1.807, 2.05) is 0 Å². The Kier molecular flexibility index (Phi) is 8.57. The van der Waals surface area contributed by atoms with Gasteiger partial charge in [-0.3, -0.25) is 0 Å². The second-order valence-corrected chi connectivity index (χ2v) is 6.73. The Morgan fingerprint density at radius 2 is 1.75 bits per heavy atom. The summed E-state index contributed by atoms with van der Waals surface area (Å²) in [6.45, 7) is 14.4. The second kappa shape index (κ2) is 10.7. The van der Waals surface area contributed by atoms with Gasteiger partial charge >= 0.3 is 0 Å². The van der Waals surface area contributed by atoms with Gasteiger partial charge in [0.15, 0.2) is 0 Å². The zero-order valence-electron chi connectivity index (χ0n) is 15.8. The summed E-state index contributed by atoms with van der Waals surface area (Å²) in [6.07, 6.45) is 2.31. The molecule has 1 aliphatic heterocycles. The molecule has 1 aliphatic rings. The molecule has 0 spiro atoms. The number of rotatable bonds is 10. The van der Waals surface area contributed by atoms with E-state index in [4.69, 9.17) is 4.74 Å². The molecule has 0 saturated carbocycles. The molecule has 136 valence electrons. The minimum absolute atomic E-state index is 0.775. The molecule has 0 amide bonds. The predicted octanol–water partition coefficient (Wildman–Crippen LogP) is 2.59. The third kappa shape index (κ3) is 6.42. The fourth-order valence-electron chi connectivity index (χ4n) is 3.24. The standard InChI is InChI=1S/C20H35N3O/c1-4-22(5-2)17-18-24-20-11-7-6-9-19(20)10-8-12-23-15-13-21(3)14-16-23/h6-7,9,11H,4-5,8,10,12-18H2,1-3H3. The molecular formula is C20H35N3O. The quantitative estimate of drug-likeness (QED) is 0.655. The molecule has 1 aromatic rings. The minimum Gasteiger partial charge on any atom is -0.492 e. The summed E-state index contributed by atoms with van der Waals surface area (Å²) in [7, 11) is 2.21. The van der Waals surface area contributed by atoms with Gasteiger partial charge in [0.05, 0.1) is 0 Å². The van der Waals surface area contributed by atoms with Crippen molar-refractivity contribution in [2.45, 2.75) is 26.7 Å². The average molecular weight is 334 g/mol. The molecule has 24 heavy (non-hydrogen) atoms. The highest BCUT2D eigenvalue weighted by Crippen LogP contribution is 2.20. The fourth-order valence-corrected chi connectivity index (χ4v) is 3.24. The van der Waals surface area contributed by atoms with E-state index in [1.54, 1.807) is 0 Å². The van der Waals surface area contributed by atoms with Gasteiger partial charge < -0.3 is 19.4 Å². The van der Waals surface area contributed by atoms with Crippen LogP contribution < -0.4 is 4.74 Å². The van der Waals surface area contributed by atoms with Crippen molar-refractivity contribution >= 4 is 0 Å². The molecule has 2 rings (SSSR count). The number of hydrogen-bond donors (Lipinski definition) is 0. The first-order valence-electron chi connectivity index (χ1n) is 9.56. The van der Waals surface area contributed by atoms with Crippen LogP contribution in [0.3, 0.4) is 0 Å². The molecule has 1 aromatic carbocycles. The molecular weight excluding hydrogens is 298 g/mol. The van der Waals surface area contributed by atoms with Gasteiger partial charge in [0.25, 0.3) is 0 Å². The van der Waals surface area contributed by atoms with Crippen LogP contribution in [0.4, 0.5) is 0 Å². The first-order chi connectivity index (χ1) is 11.7. The summed E-state index contributed by atoms with van der Waals surface area (Å²) in [5.41, 5.74) is 1.35. The van der Waals surface area contributed by atoms with Gasteiger partial charge in [-0.05, 0) is 51.2 Å². The molecule has 4 nitrogen and oxygen atoms in total. The zero-order valence-corrected chi connectivity index (χ0v) is 15.8. The third-order valence-electron chi connectivity index (χ3n) is 5.05. The summed E-state index contributed by atoms with van der Waals surface area (Å²) in [5, 5.41) is 0. The maximum Gasteiger partial charge on any atom is 0.122 e. The molecule has 1 saturated heterocycles. The Hall–Kier alpha value is -1.10. The van der Waals surface area contributed by atoms with Crippen LogP contribution in [0.1, 0.15) is 25.8 Å². The monoisotopic (exact) mass is 333 g/mol. The van der Waals surface area contributed by atoms with E-state index in [2.05, 4.69) is 59.9 Å². The Bertz CT molecular complexity index is 454. The van der Waals surface area contributed by atoms with Crippen LogP contribution in [-0.4, -0.2) is 80.7 Å². The number of piperazine rings is 1. The van der Waals surface area contributed by atoms with Gasteiger partial charge in [0.1, 0.15) is 12.4 Å². The number of likely N-dealkylation sites (N-methyl/N-ethyl adjacent to an activating group) is 2. The summed E-state index contributed by atoms with van der Waals surface area (Å²) >= 11 is 0. The van der Waals surface area contributed by atoms with Crippen molar-refractivity contribution in [3.63, 3.8) is 0 Å². The Morgan fingerprint density at radius 1 is 1.04 bits per heavy atom. The van der Waals surface area contributed by atoms with Crippen molar-refractivity contribution in [1.29, 1.82) is 0 Å². The van der Waals surface area contributed by atoms with Crippen LogP contribution >= 0.6 is 0 Å². The van der Waals surface area contributed by atoms with Crippen molar-refractivity contribution in [2.24, 2.45) is 0 Å². The molecule has 0 atom stereocenters. The van der Waals surface area contributed by atoms with Crippen LogP contribution in [-0.2, 0) is 6.42 Å². The van der Waals surface area contributed by atoms with Gasteiger partial charge in [-0.15, -0.1) is 0 Å². The van der Waals surface area contributed by atoms with E-state index < -0.39 is 0 Å². The SMILES string of the molecule is CCN(CC)CCOc1ccccc1CCCN1CCN(C)CC1. The summed E-state index contributed by atoms with van der Waals surface area (Å²) in [5.74, 6) is 1.07. The molecule has 0 radical (unpaired) electrons. The zero-order chi connectivity index (χ0) is 17.2. The van der Waals surface area contributed by atoms with Crippen LogP contribution in [0.5, 0.6) is 5.75 Å². The Balaban J connectivity index is 1.74. The molecule has 0 aliphatic carbocycles. The van der Waals surface area contributed by atoms with E-state index in [1.165, 1.54) is 44.7 Å². The van der Waals surface area contributed by atoms with Crippen molar-refractivity contribution in [3.8, 4) is 5.75 Å². The number of aryl methyl sites for hydroxylation is 1. The summed E-state index contributed by atoms with van der Waals surface area (Å²) < 4.78 is 6.07. The van der Waals surface area contributed by atoms with Crippen molar-refractivity contribution in [1.82, 2.24) is 14.7 Å². The van der Waals surface area contributed by atoms with Gasteiger partial charge in [-0.25, -0.2) is 0 Å². The second-order valence-electron chi connectivity index (χ2n) is 6.73. The van der Waals surface area contributed by atoms with E-state index in [0.717, 1.165) is 38.4 Å². The molecule has 4 heteroatoms. The number of nitrogens with zero attached hydrogens (tertiary/aromatic N) is 3. The van der Waals surface area contributed by atoms with E-state index in [9.17, 15) is 0 Å². The Labute approximate surface area is 148 Å². The van der Waals surface area contributed by atoms with Gasteiger partial charge in [0.2, 0.25) is 0 Å². The van der Waals surface area contributed by atoms with E-state index in [-0.39, 0.29) is 0 Å². The highest BCUT2D eigenvalue weighted by molar-refractivity contribution is 5.33. The fraction of sp³-hybridized carbons (Fsp3) is 0.700. The van der Waals surface area contributed by atoms with Gasteiger partial charge in [-0.2, -0.15) is 0 Å². The lowest BCUT2D eigenvalue weighted by Gasteiger charge is -2.32. The van der Waals surface area contributed by atoms with Crippen LogP contribution in [0.2, 0.25) is 0 Å². The number of para-hydroxylation sites is 1. The first-order valence-corrected chi connectivity index (χ1v) is 9.56. The number of hydrogen-bond acceptors (Lipinski definition) is 4. The highest BCUT2D eigenvalue weighted by Gasteiger charge is 2.13. The lowest BCUT2D eigenvalue weighted by Crippen LogP contribution is -2.44. The van der Waals surface area contributed by atoms with E-state index >= 15 is 0 Å². The van der Waals surface area contributed by atoms with Crippen molar-refractivity contribution in [2.75, 3.05) is 66.0 Å². The first kappa shape index (κ1) is 19.2. The maximum atomic E-state index is 6.07. The lowest BCUT2D eigenvalue weighted by atomic mass is 10.1.